The van der Waals surface area contributed by atoms with Crippen LogP contribution in [0.3, 0.4) is 0 Å². The van der Waals surface area contributed by atoms with E-state index >= 15 is 0 Å². The molecule has 0 spiro atoms. The minimum atomic E-state index is -4.42. The maximum atomic E-state index is 13.6. The lowest BCUT2D eigenvalue weighted by Gasteiger charge is -2.28. The summed E-state index contributed by atoms with van der Waals surface area (Å²) in [5, 5.41) is 4.25. The lowest BCUT2D eigenvalue weighted by molar-refractivity contribution is -0.137. The molecule has 0 radical (unpaired) electrons. The maximum Gasteiger partial charge on any atom is 0.439 e. The van der Waals surface area contributed by atoms with Crippen molar-refractivity contribution in [1.29, 1.82) is 0 Å². The number of ether oxygens (including phenoxy) is 2. The molecule has 1 N–H and O–H groups in total. The van der Waals surface area contributed by atoms with Crippen LogP contribution in [0.2, 0.25) is 0 Å². The number of methoxy groups -OCH3 is 1. The van der Waals surface area contributed by atoms with Crippen molar-refractivity contribution in [2.45, 2.75) is 38.3 Å². The van der Waals surface area contributed by atoms with E-state index in [0.29, 0.717) is 60.1 Å². The number of nitrogens with zero attached hydrogens (tertiary/aromatic N) is 3. The Morgan fingerprint density at radius 1 is 1.15 bits per heavy atom. The van der Waals surface area contributed by atoms with Gasteiger partial charge in [-0.3, -0.25) is 14.4 Å². The number of halogens is 4. The number of aromatic amines is 1. The molecule has 3 heterocycles. The van der Waals surface area contributed by atoms with Crippen molar-refractivity contribution in [2.75, 3.05) is 20.2 Å². The van der Waals surface area contributed by atoms with Gasteiger partial charge in [-0.1, -0.05) is 17.3 Å². The van der Waals surface area contributed by atoms with Crippen LogP contribution in [-0.4, -0.2) is 46.4 Å². The fraction of sp³-hybridized carbons (Fsp3) is 0.346. The number of thiazole rings is 1. The monoisotopic (exact) mass is 564 g/mol. The number of likely N-dealkylation sites (tertiary alicyclic amines) is 1. The van der Waals surface area contributed by atoms with E-state index in [4.69, 9.17) is 14.5 Å². The predicted octanol–water partition coefficient (Wildman–Crippen LogP) is 5.69. The van der Waals surface area contributed by atoms with Gasteiger partial charge in [-0.15, -0.1) is 11.3 Å². The number of nitrogens with one attached hydrogen (secondary N) is 1. The zero-order chi connectivity index (χ0) is 27.6. The Bertz CT molecular complexity index is 1470. The lowest BCUT2D eigenvalue weighted by atomic mass is 10.1. The van der Waals surface area contributed by atoms with Gasteiger partial charge in [0.15, 0.2) is 5.82 Å². The Labute approximate surface area is 224 Å². The van der Waals surface area contributed by atoms with Crippen molar-refractivity contribution in [1.82, 2.24) is 20.0 Å². The molecule has 0 saturated carbocycles. The number of hydrogen-bond donors (Lipinski definition) is 1. The second kappa shape index (κ2) is 11.2. The van der Waals surface area contributed by atoms with Gasteiger partial charge in [-0.05, 0) is 37.1 Å². The van der Waals surface area contributed by atoms with Crippen LogP contribution in [0.15, 0.2) is 51.8 Å². The van der Waals surface area contributed by atoms with E-state index in [1.807, 2.05) is 0 Å². The van der Waals surface area contributed by atoms with Gasteiger partial charge in [0.25, 0.3) is 0 Å². The van der Waals surface area contributed by atoms with Crippen LogP contribution in [0.1, 0.15) is 29.0 Å². The van der Waals surface area contributed by atoms with Gasteiger partial charge in [-0.2, -0.15) is 13.2 Å². The maximum absolute atomic E-state index is 13.6. The van der Waals surface area contributed by atoms with Crippen LogP contribution in [0.5, 0.6) is 11.5 Å². The number of alkyl halides is 4. The Morgan fingerprint density at radius 3 is 2.54 bits per heavy atom. The lowest BCUT2D eigenvalue weighted by Crippen LogP contribution is -2.34. The topological polar surface area (TPSA) is 93.5 Å². The van der Waals surface area contributed by atoms with Gasteiger partial charge < -0.3 is 9.47 Å². The van der Waals surface area contributed by atoms with Gasteiger partial charge in [0, 0.05) is 31.3 Å². The van der Waals surface area contributed by atoms with Crippen LogP contribution in [0, 0.1) is 0 Å². The first-order valence-electron chi connectivity index (χ1n) is 12.1. The van der Waals surface area contributed by atoms with Crippen molar-refractivity contribution in [3.63, 3.8) is 0 Å². The zero-order valence-corrected chi connectivity index (χ0v) is 21.6. The first-order chi connectivity index (χ1) is 18.7. The van der Waals surface area contributed by atoms with Gasteiger partial charge in [-0.25, -0.2) is 14.2 Å². The highest BCUT2D eigenvalue weighted by molar-refractivity contribution is 7.15. The predicted molar refractivity (Wildman–Crippen MR) is 135 cm³/mol. The summed E-state index contributed by atoms with van der Waals surface area (Å²) in [7, 11) is 1.47. The number of H-pyrrole nitrogens is 1. The average Bonchev–Trinajstić information content (AvgIpc) is 3.54. The average molecular weight is 565 g/mol. The first kappa shape index (κ1) is 26.9. The molecule has 0 amide bonds. The summed E-state index contributed by atoms with van der Waals surface area (Å²) in [6.07, 6.45) is -4.33. The largest absolute Gasteiger partial charge is 0.496 e. The molecule has 13 heteroatoms. The molecule has 39 heavy (non-hydrogen) atoms. The Kier molecular flexibility index (Phi) is 7.71. The number of hydrogen-bond acceptors (Lipinski definition) is 8. The standard InChI is InChI=1S/C26H24F4N4O4S/c1-36-21-12-18(6-7-19(21)23-32-25(35)38-33-23)37-14-22-20(13-34-10-8-17(27)9-11-34)31-24(39-22)15-2-4-16(5-3-15)26(28,29)30/h2-7,12,17H,8-11,13-14H2,1H3,(H,32,33,35). The van der Waals surface area contributed by atoms with E-state index in [1.54, 1.807) is 18.2 Å². The first-order valence-corrected chi connectivity index (χ1v) is 12.9. The smallest absolute Gasteiger partial charge is 0.439 e. The Balaban J connectivity index is 1.38. The third-order valence-corrected chi connectivity index (χ3v) is 7.49. The van der Waals surface area contributed by atoms with E-state index in [9.17, 15) is 22.4 Å². The molecule has 8 nitrogen and oxygen atoms in total. The Morgan fingerprint density at radius 2 is 1.90 bits per heavy atom. The summed E-state index contributed by atoms with van der Waals surface area (Å²) < 4.78 is 68.7. The molecule has 1 aliphatic heterocycles. The molecular formula is C26H24F4N4O4S. The number of rotatable bonds is 8. The fourth-order valence-electron chi connectivity index (χ4n) is 4.27. The van der Waals surface area contributed by atoms with Gasteiger partial charge in [0.05, 0.1) is 28.8 Å². The third-order valence-electron chi connectivity index (χ3n) is 6.37. The molecule has 4 aromatic rings. The summed E-state index contributed by atoms with van der Waals surface area (Å²) in [6.45, 7) is 1.82. The number of benzene rings is 2. The minimum Gasteiger partial charge on any atom is -0.496 e. The summed E-state index contributed by atoms with van der Waals surface area (Å²) in [5.74, 6) is 0.410. The molecule has 0 aliphatic carbocycles. The van der Waals surface area contributed by atoms with Gasteiger partial charge >= 0.3 is 11.9 Å². The van der Waals surface area contributed by atoms with E-state index in [0.717, 1.165) is 22.7 Å². The minimum absolute atomic E-state index is 0.149. The van der Waals surface area contributed by atoms with Crippen molar-refractivity contribution < 1.29 is 31.6 Å². The third kappa shape index (κ3) is 6.31. The van der Waals surface area contributed by atoms with Crippen LogP contribution in [-0.2, 0) is 19.3 Å². The quantitative estimate of drug-likeness (QED) is 0.275. The molecule has 2 aromatic carbocycles. The van der Waals surface area contributed by atoms with E-state index < -0.39 is 23.7 Å². The summed E-state index contributed by atoms with van der Waals surface area (Å²) in [6, 6.07) is 9.89. The molecule has 1 fully saturated rings. The van der Waals surface area contributed by atoms with Crippen LogP contribution in [0.25, 0.3) is 22.0 Å². The van der Waals surface area contributed by atoms with Crippen molar-refractivity contribution in [2.24, 2.45) is 0 Å². The number of aromatic nitrogens is 3. The molecular weight excluding hydrogens is 540 g/mol. The molecule has 1 aliphatic rings. The SMILES string of the molecule is COc1cc(OCc2sc(-c3ccc(C(F)(F)F)cc3)nc2CN2CCC(F)CC2)ccc1-c1noc(=O)[nH]1. The normalized spacial score (nSPS) is 15.0. The number of piperidine rings is 1. The Hall–Kier alpha value is -3.71. The van der Waals surface area contributed by atoms with Crippen LogP contribution >= 0.6 is 11.3 Å². The molecule has 2 aromatic heterocycles. The van der Waals surface area contributed by atoms with E-state index in [1.165, 1.54) is 30.6 Å². The van der Waals surface area contributed by atoms with Crippen molar-refractivity contribution in [3.8, 4) is 33.5 Å². The fourth-order valence-corrected chi connectivity index (χ4v) is 5.26. The van der Waals surface area contributed by atoms with Crippen LogP contribution in [0.4, 0.5) is 17.6 Å². The highest BCUT2D eigenvalue weighted by Crippen LogP contribution is 2.35. The molecule has 0 atom stereocenters. The highest BCUT2D eigenvalue weighted by atomic mass is 32.1. The zero-order valence-electron chi connectivity index (χ0n) is 20.8. The van der Waals surface area contributed by atoms with Crippen LogP contribution < -0.4 is 15.2 Å². The molecule has 206 valence electrons. The summed E-state index contributed by atoms with van der Waals surface area (Å²) in [5.41, 5.74) is 1.08. The molecule has 0 bridgehead atoms. The van der Waals surface area contributed by atoms with Crippen molar-refractivity contribution in [3.05, 3.63) is 69.1 Å². The second-order valence-corrected chi connectivity index (χ2v) is 10.1. The highest BCUT2D eigenvalue weighted by Gasteiger charge is 2.30. The molecule has 5 rings (SSSR count). The van der Waals surface area contributed by atoms with E-state index in [2.05, 4.69) is 19.6 Å². The summed E-state index contributed by atoms with van der Waals surface area (Å²) in [4.78, 5) is 21.4. The summed E-state index contributed by atoms with van der Waals surface area (Å²) >= 11 is 1.34. The van der Waals surface area contributed by atoms with Crippen molar-refractivity contribution >= 4 is 11.3 Å². The molecule has 1 saturated heterocycles. The molecule has 0 unspecified atom stereocenters. The van der Waals surface area contributed by atoms with Gasteiger partial charge in [0.1, 0.15) is 29.3 Å². The van der Waals surface area contributed by atoms with E-state index in [-0.39, 0.29) is 12.4 Å². The van der Waals surface area contributed by atoms with Gasteiger partial charge in [0.2, 0.25) is 0 Å². The second-order valence-electron chi connectivity index (χ2n) is 9.01.